The zero-order valence-electron chi connectivity index (χ0n) is 34.6. The Balaban J connectivity index is 0.00000726. The molecule has 9 atom stereocenters. The predicted molar refractivity (Wildman–Crippen MR) is 213 cm³/mol. The van der Waals surface area contributed by atoms with Gasteiger partial charge in [0.1, 0.15) is 42.1 Å². The maximum absolute atomic E-state index is 14.0. The number of carbonyl (C=O) groups excluding carboxylic acids is 8. The summed E-state index contributed by atoms with van der Waals surface area (Å²) < 4.78 is 6.73. The summed E-state index contributed by atoms with van der Waals surface area (Å²) in [6, 6.07) is 4.05. The van der Waals surface area contributed by atoms with Crippen molar-refractivity contribution < 1.29 is 87.7 Å². The van der Waals surface area contributed by atoms with Crippen LogP contribution in [0.25, 0.3) is 0 Å². The monoisotopic (exact) mass is 867 g/mol. The van der Waals surface area contributed by atoms with Crippen LogP contribution in [0.5, 0.6) is 5.75 Å². The Kier molecular flexibility index (Phi) is 15.3. The first kappa shape index (κ1) is 47.4. The average molecular weight is 868 g/mol. The molecule has 2 aromatic carbocycles. The first-order valence-electron chi connectivity index (χ1n) is 19.9. The van der Waals surface area contributed by atoms with Crippen molar-refractivity contribution in [3.63, 3.8) is 0 Å². The van der Waals surface area contributed by atoms with E-state index in [1.54, 1.807) is 36.6 Å². The van der Waals surface area contributed by atoms with Crippen molar-refractivity contribution in [3.05, 3.63) is 65.1 Å². The molecule has 0 radical (unpaired) electrons. The molecule has 7 amide bonds. The number of para-hydroxylation sites is 1. The third kappa shape index (κ3) is 9.98. The van der Waals surface area contributed by atoms with Crippen molar-refractivity contribution in [3.8, 4) is 5.75 Å². The van der Waals surface area contributed by atoms with Gasteiger partial charge in [-0.1, -0.05) is 31.7 Å². The molecule has 0 spiro atoms. The summed E-state index contributed by atoms with van der Waals surface area (Å²) in [6.45, 7) is 3.41. The summed E-state index contributed by atoms with van der Waals surface area (Å²) in [6.07, 6.45) is 0.544. The van der Waals surface area contributed by atoms with Gasteiger partial charge in [0.25, 0.3) is 0 Å². The van der Waals surface area contributed by atoms with Crippen LogP contribution in [0.15, 0.2) is 36.4 Å². The Hall–Kier alpha value is -5.70. The summed E-state index contributed by atoms with van der Waals surface area (Å²) >= 11 is 0. The van der Waals surface area contributed by atoms with Gasteiger partial charge in [0, 0.05) is 17.7 Å². The molecule has 326 valence electrons. The van der Waals surface area contributed by atoms with Crippen molar-refractivity contribution in [2.24, 2.45) is 5.92 Å². The predicted octanol–water partition coefficient (Wildman–Crippen LogP) is -4.98. The van der Waals surface area contributed by atoms with E-state index in [1.165, 1.54) is 20.3 Å². The zero-order chi connectivity index (χ0) is 44.2. The molecular formula is C41H48N8NaO12-. The maximum atomic E-state index is 14.0. The van der Waals surface area contributed by atoms with Gasteiger partial charge < -0.3 is 73.5 Å². The number of carboxylic acids is 1. The minimum Gasteiger partial charge on any atom is -0.540 e. The molecule has 2 aromatic rings. The third-order valence-corrected chi connectivity index (χ3v) is 11.4. The van der Waals surface area contributed by atoms with E-state index >= 15 is 0 Å². The number of carboxylic acid groups (broad SMARTS) is 1. The Labute approximate surface area is 378 Å². The van der Waals surface area contributed by atoms with Crippen LogP contribution in [-0.2, 0) is 55.0 Å². The van der Waals surface area contributed by atoms with Gasteiger partial charge in [0.2, 0.25) is 35.4 Å². The molecule has 0 aromatic heterocycles. The van der Waals surface area contributed by atoms with Gasteiger partial charge in [0.15, 0.2) is 6.23 Å². The van der Waals surface area contributed by atoms with E-state index in [9.17, 15) is 53.4 Å². The van der Waals surface area contributed by atoms with Gasteiger partial charge in [-0.15, -0.1) is 0 Å². The van der Waals surface area contributed by atoms with Crippen LogP contribution in [0.4, 0.5) is 5.69 Å². The molecule has 4 heterocycles. The van der Waals surface area contributed by atoms with E-state index in [-0.39, 0.29) is 79.0 Å². The van der Waals surface area contributed by atoms with Gasteiger partial charge in [-0.2, -0.15) is 6.92 Å². The quantitative estimate of drug-likeness (QED) is 0.0630. The van der Waals surface area contributed by atoms with E-state index in [0.29, 0.717) is 28.1 Å². The Morgan fingerprint density at radius 1 is 1.02 bits per heavy atom. The Morgan fingerprint density at radius 2 is 1.76 bits per heavy atom. The van der Waals surface area contributed by atoms with Gasteiger partial charge in [-0.25, -0.2) is 6.29 Å². The summed E-state index contributed by atoms with van der Waals surface area (Å²) in [7, 11) is 0. The van der Waals surface area contributed by atoms with Crippen molar-refractivity contribution in [2.45, 2.75) is 101 Å². The summed E-state index contributed by atoms with van der Waals surface area (Å²) in [5, 5.41) is 42.3. The zero-order valence-corrected chi connectivity index (χ0v) is 36.6. The van der Waals surface area contributed by atoms with Gasteiger partial charge >= 0.3 is 35.5 Å². The van der Waals surface area contributed by atoms with Crippen molar-refractivity contribution >= 4 is 59.3 Å². The average Bonchev–Trinajstić information content (AvgIpc) is 3.90. The number of rotatable bonds is 14. The second-order valence-electron chi connectivity index (χ2n) is 15.7. The van der Waals surface area contributed by atoms with Crippen LogP contribution in [-0.4, -0.2) is 113 Å². The fourth-order valence-corrected chi connectivity index (χ4v) is 8.35. The number of hydrogen-bond donors (Lipinski definition) is 10. The number of anilines is 1. The number of fused-ring (bicyclic) bond motifs is 8. The molecule has 6 rings (SSSR count). The second-order valence-corrected chi connectivity index (χ2v) is 15.7. The van der Waals surface area contributed by atoms with Gasteiger partial charge in [0.05, 0.1) is 17.9 Å². The van der Waals surface area contributed by atoms with Crippen molar-refractivity contribution in [2.75, 3.05) is 18.4 Å². The van der Waals surface area contributed by atoms with Crippen molar-refractivity contribution in [1.82, 2.24) is 37.2 Å². The van der Waals surface area contributed by atoms with E-state index in [4.69, 9.17) is 4.74 Å². The number of aliphatic carboxylic acids is 1. The first-order valence-corrected chi connectivity index (χ1v) is 19.9. The van der Waals surface area contributed by atoms with Crippen LogP contribution in [0.2, 0.25) is 0 Å². The van der Waals surface area contributed by atoms with E-state index < -0.39 is 102 Å². The number of aliphatic hydroxyl groups is 1. The molecule has 4 aliphatic heterocycles. The van der Waals surface area contributed by atoms with Crippen LogP contribution >= 0.6 is 0 Å². The molecule has 1 saturated heterocycles. The number of carbonyl (C=O) groups is 8. The SMILES string of the molecule is C[CH-]C(=O)NC(C[C@@]12c3ccccc3NC1Oc1c3cc(cc12)C(O)C(C(=O)NC[C-]=O)NC(=O)C(NC(=O)C1CCC(=O)N1)CC(C)C3)C(=O)NCC(=O)NC(C)C(=O)O.[Na+]. The normalized spacial score (nSPS) is 25.3. The summed E-state index contributed by atoms with van der Waals surface area (Å²) in [5.74, 6) is -6.09. The number of ether oxygens (including phenoxy) is 1. The Morgan fingerprint density at radius 3 is 2.44 bits per heavy atom. The molecule has 10 N–H and O–H groups in total. The minimum atomic E-state index is -1.76. The third-order valence-electron chi connectivity index (χ3n) is 11.4. The fourth-order valence-electron chi connectivity index (χ4n) is 8.35. The molecule has 2 bridgehead atoms. The smallest absolute Gasteiger partial charge is 0.540 e. The van der Waals surface area contributed by atoms with E-state index in [0.717, 1.165) is 0 Å². The van der Waals surface area contributed by atoms with E-state index in [2.05, 4.69) is 42.5 Å². The van der Waals surface area contributed by atoms with Crippen LogP contribution < -0.4 is 76.8 Å². The number of hydrogen-bond acceptors (Lipinski definition) is 12. The van der Waals surface area contributed by atoms with Gasteiger partial charge in [-0.05, 0) is 73.4 Å². The Bertz CT molecular complexity index is 2140. The molecule has 62 heavy (non-hydrogen) atoms. The number of aliphatic hydroxyl groups excluding tert-OH is 1. The molecule has 4 aliphatic rings. The summed E-state index contributed by atoms with van der Waals surface area (Å²) in [5.41, 5.74) is 1.15. The van der Waals surface area contributed by atoms with Crippen LogP contribution in [0.1, 0.15) is 74.8 Å². The van der Waals surface area contributed by atoms with Crippen LogP contribution in [0, 0.1) is 12.3 Å². The molecule has 1 fully saturated rings. The molecule has 21 heteroatoms. The molecule has 8 unspecified atom stereocenters. The number of amides is 7. The molecular weight excluding hydrogens is 819 g/mol. The maximum Gasteiger partial charge on any atom is 1.00 e. The van der Waals surface area contributed by atoms with Crippen LogP contribution in [0.3, 0.4) is 0 Å². The standard InChI is InChI=1S/C41H48N8O12.Na/c1-4-29(51)46-28(35(55)43-18-31(53)44-20(3)39(59)60)17-41-23-7-5-6-8-25(23)48-40(41)61-34-22-13-19(2)14-27(47-36(56)26-9-10-30(52)45-26)37(57)49-32(38(58)42-11-12-50)33(54)21(15-22)16-24(34)41;/h4-8,15-16,19-20,26-28,32-33,40,48,54H,9-11,13-14,17-18H2,1-3H3,(H,42,58)(H,43,55)(H,44,53)(H,45,52)(H,46,51)(H,47,56)(H,49,57)(H,59,60);/q-2;+1/t19?,20?,26?,27?,28?,32?,33?,40?,41-;/m0./s1. The molecule has 20 nitrogen and oxygen atoms in total. The fraction of sp³-hybridized carbons (Fsp3) is 0.463. The van der Waals surface area contributed by atoms with Gasteiger partial charge in [-0.3, -0.25) is 33.6 Å². The summed E-state index contributed by atoms with van der Waals surface area (Å²) in [4.78, 5) is 115. The number of benzene rings is 2. The number of nitrogens with one attached hydrogen (secondary N) is 8. The minimum absolute atomic E-state index is 0. The van der Waals surface area contributed by atoms with E-state index in [1.807, 2.05) is 13.0 Å². The molecule has 0 aliphatic carbocycles. The molecule has 0 saturated carbocycles. The topological polar surface area (TPSA) is 300 Å². The second kappa shape index (κ2) is 20.0. The largest absolute Gasteiger partial charge is 1.00 e. The first-order chi connectivity index (χ1) is 29.1. The van der Waals surface area contributed by atoms with Crippen molar-refractivity contribution in [1.29, 1.82) is 0 Å².